The Morgan fingerprint density at radius 1 is 1.41 bits per heavy atom. The Hall–Kier alpha value is -1.29. The van der Waals surface area contributed by atoms with Crippen molar-refractivity contribution in [3.05, 3.63) is 23.7 Å². The molecule has 1 aliphatic carbocycles. The van der Waals surface area contributed by atoms with Gasteiger partial charge in [0, 0.05) is 18.5 Å². The molecule has 1 aromatic heterocycles. The Balaban J connectivity index is 1.74. The quantitative estimate of drug-likeness (QED) is 0.781. The molecular formula is C13H20N2O2. The summed E-state index contributed by atoms with van der Waals surface area (Å²) in [5, 5.41) is 6.17. The topological polar surface area (TPSA) is 54.3 Å². The predicted octanol–water partition coefficient (Wildman–Crippen LogP) is 1.25. The van der Waals surface area contributed by atoms with E-state index in [1.807, 2.05) is 26.1 Å². The summed E-state index contributed by atoms with van der Waals surface area (Å²) >= 11 is 0. The number of carbonyl (C=O) groups is 1. The van der Waals surface area contributed by atoms with E-state index in [0.29, 0.717) is 11.8 Å². The first-order chi connectivity index (χ1) is 8.13. The van der Waals surface area contributed by atoms with Gasteiger partial charge in [-0.3, -0.25) is 4.79 Å². The average Bonchev–Trinajstić information content (AvgIpc) is 2.94. The van der Waals surface area contributed by atoms with Gasteiger partial charge in [-0.2, -0.15) is 0 Å². The lowest BCUT2D eigenvalue weighted by atomic mass is 10.1. The summed E-state index contributed by atoms with van der Waals surface area (Å²) in [6.07, 6.45) is 2.74. The van der Waals surface area contributed by atoms with Gasteiger partial charge < -0.3 is 15.1 Å². The standard InChI is InChI=1S/C13H20N2O2/c1-10-3-4-11(17-10)7-12(16)15-9-13(5-6-13)8-14-2/h3-4,14H,5-9H2,1-2H3,(H,15,16). The third kappa shape index (κ3) is 3.33. The molecular weight excluding hydrogens is 216 g/mol. The molecule has 94 valence electrons. The SMILES string of the molecule is CNCC1(CNC(=O)Cc2ccc(C)o2)CC1. The number of rotatable bonds is 6. The molecule has 0 saturated heterocycles. The van der Waals surface area contributed by atoms with Gasteiger partial charge in [-0.15, -0.1) is 0 Å². The summed E-state index contributed by atoms with van der Waals surface area (Å²) in [5.41, 5.74) is 0.309. The normalized spacial score (nSPS) is 16.8. The van der Waals surface area contributed by atoms with Gasteiger partial charge in [0.05, 0.1) is 6.42 Å². The molecule has 4 nitrogen and oxygen atoms in total. The Morgan fingerprint density at radius 3 is 2.71 bits per heavy atom. The van der Waals surface area contributed by atoms with Crippen LogP contribution in [-0.4, -0.2) is 26.0 Å². The summed E-state index contributed by atoms with van der Waals surface area (Å²) in [6.45, 7) is 3.63. The highest BCUT2D eigenvalue weighted by Crippen LogP contribution is 2.44. The van der Waals surface area contributed by atoms with Crippen molar-refractivity contribution in [2.24, 2.45) is 5.41 Å². The van der Waals surface area contributed by atoms with E-state index < -0.39 is 0 Å². The van der Waals surface area contributed by atoms with Crippen molar-refractivity contribution < 1.29 is 9.21 Å². The second kappa shape index (κ2) is 4.92. The van der Waals surface area contributed by atoms with E-state index in [1.165, 1.54) is 12.8 Å². The Bertz CT molecular complexity index is 394. The van der Waals surface area contributed by atoms with Crippen molar-refractivity contribution in [1.29, 1.82) is 0 Å². The van der Waals surface area contributed by atoms with Gasteiger partial charge in [-0.05, 0) is 38.9 Å². The highest BCUT2D eigenvalue weighted by molar-refractivity contribution is 5.78. The van der Waals surface area contributed by atoms with E-state index in [4.69, 9.17) is 4.42 Å². The molecule has 1 aliphatic rings. The van der Waals surface area contributed by atoms with Gasteiger partial charge in [0.1, 0.15) is 11.5 Å². The maximum absolute atomic E-state index is 11.7. The molecule has 0 radical (unpaired) electrons. The molecule has 2 rings (SSSR count). The van der Waals surface area contributed by atoms with Crippen LogP contribution < -0.4 is 10.6 Å². The fraction of sp³-hybridized carbons (Fsp3) is 0.615. The van der Waals surface area contributed by atoms with Gasteiger partial charge in [-0.1, -0.05) is 0 Å². The second-order valence-electron chi connectivity index (χ2n) is 5.00. The van der Waals surface area contributed by atoms with Crippen molar-refractivity contribution in [3.8, 4) is 0 Å². The monoisotopic (exact) mass is 236 g/mol. The number of amides is 1. The van der Waals surface area contributed by atoms with E-state index in [1.54, 1.807) is 0 Å². The second-order valence-corrected chi connectivity index (χ2v) is 5.00. The highest BCUT2D eigenvalue weighted by atomic mass is 16.3. The average molecular weight is 236 g/mol. The Morgan fingerprint density at radius 2 is 2.18 bits per heavy atom. The molecule has 1 amide bonds. The van der Waals surface area contributed by atoms with E-state index in [9.17, 15) is 4.79 Å². The fourth-order valence-electron chi connectivity index (χ4n) is 2.05. The first-order valence-electron chi connectivity index (χ1n) is 6.10. The largest absolute Gasteiger partial charge is 0.466 e. The van der Waals surface area contributed by atoms with Crippen molar-refractivity contribution >= 4 is 5.91 Å². The van der Waals surface area contributed by atoms with Crippen LogP contribution in [0.1, 0.15) is 24.4 Å². The summed E-state index contributed by atoms with van der Waals surface area (Å²) in [6, 6.07) is 3.74. The first-order valence-corrected chi connectivity index (χ1v) is 6.10. The predicted molar refractivity (Wildman–Crippen MR) is 65.8 cm³/mol. The van der Waals surface area contributed by atoms with Crippen LogP contribution >= 0.6 is 0 Å². The van der Waals surface area contributed by atoms with Crippen LogP contribution in [0.25, 0.3) is 0 Å². The molecule has 2 N–H and O–H groups in total. The zero-order chi connectivity index (χ0) is 12.3. The van der Waals surface area contributed by atoms with E-state index in [0.717, 1.165) is 24.6 Å². The van der Waals surface area contributed by atoms with Crippen LogP contribution in [0.15, 0.2) is 16.5 Å². The van der Waals surface area contributed by atoms with Crippen molar-refractivity contribution in [2.45, 2.75) is 26.2 Å². The van der Waals surface area contributed by atoms with E-state index in [2.05, 4.69) is 10.6 Å². The first kappa shape index (κ1) is 12.2. The molecule has 1 aromatic rings. The molecule has 0 aromatic carbocycles. The number of aryl methyl sites for hydroxylation is 1. The van der Waals surface area contributed by atoms with Gasteiger partial charge in [0.2, 0.25) is 5.91 Å². The van der Waals surface area contributed by atoms with Crippen LogP contribution in [0.5, 0.6) is 0 Å². The molecule has 0 atom stereocenters. The molecule has 17 heavy (non-hydrogen) atoms. The fourth-order valence-corrected chi connectivity index (χ4v) is 2.05. The smallest absolute Gasteiger partial charge is 0.227 e. The molecule has 0 unspecified atom stereocenters. The zero-order valence-electron chi connectivity index (χ0n) is 10.5. The van der Waals surface area contributed by atoms with Crippen LogP contribution in [-0.2, 0) is 11.2 Å². The minimum Gasteiger partial charge on any atom is -0.466 e. The minimum absolute atomic E-state index is 0.0433. The lowest BCUT2D eigenvalue weighted by molar-refractivity contribution is -0.120. The van der Waals surface area contributed by atoms with Gasteiger partial charge in [0.25, 0.3) is 0 Å². The van der Waals surface area contributed by atoms with Crippen LogP contribution in [0.2, 0.25) is 0 Å². The van der Waals surface area contributed by atoms with Gasteiger partial charge in [0.15, 0.2) is 0 Å². The third-order valence-corrected chi connectivity index (χ3v) is 3.30. The third-order valence-electron chi connectivity index (χ3n) is 3.30. The lowest BCUT2D eigenvalue weighted by Crippen LogP contribution is -2.35. The molecule has 1 saturated carbocycles. The number of furan rings is 1. The van der Waals surface area contributed by atoms with Crippen molar-refractivity contribution in [1.82, 2.24) is 10.6 Å². The summed E-state index contributed by atoms with van der Waals surface area (Å²) in [4.78, 5) is 11.7. The summed E-state index contributed by atoms with van der Waals surface area (Å²) in [5.74, 6) is 1.63. The zero-order valence-corrected chi connectivity index (χ0v) is 10.5. The summed E-state index contributed by atoms with van der Waals surface area (Å²) < 4.78 is 5.38. The number of hydrogen-bond donors (Lipinski definition) is 2. The summed E-state index contributed by atoms with van der Waals surface area (Å²) in [7, 11) is 1.95. The lowest BCUT2D eigenvalue weighted by Gasteiger charge is -2.14. The van der Waals surface area contributed by atoms with Crippen molar-refractivity contribution in [3.63, 3.8) is 0 Å². The van der Waals surface area contributed by atoms with Crippen LogP contribution in [0, 0.1) is 12.3 Å². The van der Waals surface area contributed by atoms with E-state index >= 15 is 0 Å². The molecule has 4 heteroatoms. The van der Waals surface area contributed by atoms with Crippen LogP contribution in [0.3, 0.4) is 0 Å². The molecule has 0 aliphatic heterocycles. The van der Waals surface area contributed by atoms with Gasteiger partial charge in [-0.25, -0.2) is 0 Å². The molecule has 0 spiro atoms. The molecule has 1 heterocycles. The number of hydrogen-bond acceptors (Lipinski definition) is 3. The maximum atomic E-state index is 11.7. The number of nitrogens with one attached hydrogen (secondary N) is 2. The van der Waals surface area contributed by atoms with E-state index in [-0.39, 0.29) is 5.91 Å². The van der Waals surface area contributed by atoms with Crippen molar-refractivity contribution in [2.75, 3.05) is 20.1 Å². The molecule has 1 fully saturated rings. The number of carbonyl (C=O) groups excluding carboxylic acids is 1. The minimum atomic E-state index is 0.0433. The molecule has 0 bridgehead atoms. The maximum Gasteiger partial charge on any atom is 0.227 e. The Kier molecular flexibility index (Phi) is 3.52. The highest BCUT2D eigenvalue weighted by Gasteiger charge is 2.41. The Labute approximate surface area is 102 Å². The van der Waals surface area contributed by atoms with Gasteiger partial charge >= 0.3 is 0 Å². The van der Waals surface area contributed by atoms with Crippen LogP contribution in [0.4, 0.5) is 0 Å².